The topological polar surface area (TPSA) is 49.4 Å². The number of hydrogen-bond acceptors (Lipinski definition) is 3. The quantitative estimate of drug-likeness (QED) is 0.461. The van der Waals surface area contributed by atoms with Crippen LogP contribution in [0.1, 0.15) is 58.9 Å². The molecule has 1 N–H and O–H groups in total. The fraction of sp³-hybridized carbons (Fsp3) is 0.333. The molecule has 0 radical (unpaired) electrons. The molecule has 4 rings (SSSR count). The van der Waals surface area contributed by atoms with Crippen LogP contribution in [0.15, 0.2) is 72.1 Å². The van der Waals surface area contributed by atoms with Crippen molar-refractivity contribution in [3.63, 3.8) is 0 Å². The van der Waals surface area contributed by atoms with E-state index in [-0.39, 0.29) is 23.4 Å². The Morgan fingerprint density at radius 1 is 0.970 bits per heavy atom. The van der Waals surface area contributed by atoms with Crippen LogP contribution in [0, 0.1) is 5.82 Å². The second-order valence-corrected chi connectivity index (χ2v) is 9.43. The molecule has 0 aliphatic heterocycles. The van der Waals surface area contributed by atoms with Crippen molar-refractivity contribution in [2.45, 2.75) is 50.6 Å². The maximum Gasteiger partial charge on any atom is 0.264 e. The standard InChI is InChI=1S/C27H29FN2O2S/c28-23-15-8-7-14-22(23)25(26(31)29-21-12-5-2-6-13-21)30(27(32)24-16-9-19-33-24)18-17-20-10-3-1-4-11-20/h1,3-4,7-11,14-16,19,21,25H,2,5-6,12-13,17-18H2,(H,29,31)/t25-/m1/s1. The molecular weight excluding hydrogens is 435 g/mol. The molecule has 1 aliphatic rings. The molecule has 0 bridgehead atoms. The zero-order valence-electron chi connectivity index (χ0n) is 18.6. The van der Waals surface area contributed by atoms with Gasteiger partial charge in [-0.3, -0.25) is 9.59 Å². The van der Waals surface area contributed by atoms with Gasteiger partial charge in [-0.1, -0.05) is 73.9 Å². The molecule has 4 nitrogen and oxygen atoms in total. The van der Waals surface area contributed by atoms with Gasteiger partial charge in [0.05, 0.1) is 4.88 Å². The van der Waals surface area contributed by atoms with E-state index in [4.69, 9.17) is 0 Å². The van der Waals surface area contributed by atoms with Crippen molar-refractivity contribution < 1.29 is 14.0 Å². The summed E-state index contributed by atoms with van der Waals surface area (Å²) in [5, 5.41) is 4.96. The number of nitrogens with one attached hydrogen (secondary N) is 1. The van der Waals surface area contributed by atoms with Crippen molar-refractivity contribution in [2.75, 3.05) is 6.54 Å². The van der Waals surface area contributed by atoms with E-state index in [0.29, 0.717) is 17.8 Å². The van der Waals surface area contributed by atoms with Gasteiger partial charge in [-0.15, -0.1) is 11.3 Å². The predicted octanol–water partition coefficient (Wildman–Crippen LogP) is 5.76. The highest BCUT2D eigenvalue weighted by molar-refractivity contribution is 7.12. The Bertz CT molecular complexity index is 1050. The van der Waals surface area contributed by atoms with E-state index < -0.39 is 11.9 Å². The first-order valence-electron chi connectivity index (χ1n) is 11.6. The molecule has 1 aromatic heterocycles. The lowest BCUT2D eigenvalue weighted by Crippen LogP contribution is -2.47. The van der Waals surface area contributed by atoms with Crippen LogP contribution in [-0.4, -0.2) is 29.3 Å². The predicted molar refractivity (Wildman–Crippen MR) is 130 cm³/mol. The summed E-state index contributed by atoms with van der Waals surface area (Å²) in [7, 11) is 0. The van der Waals surface area contributed by atoms with Crippen LogP contribution in [0.5, 0.6) is 0 Å². The van der Waals surface area contributed by atoms with Crippen molar-refractivity contribution in [3.05, 3.63) is 93.9 Å². The summed E-state index contributed by atoms with van der Waals surface area (Å²) < 4.78 is 15.0. The maximum atomic E-state index is 15.0. The van der Waals surface area contributed by atoms with Gasteiger partial charge in [-0.25, -0.2) is 4.39 Å². The van der Waals surface area contributed by atoms with Gasteiger partial charge in [-0.05, 0) is 42.3 Å². The molecule has 1 saturated carbocycles. The third-order valence-corrected chi connectivity index (χ3v) is 7.05. The molecule has 1 fully saturated rings. The Balaban J connectivity index is 1.68. The van der Waals surface area contributed by atoms with Crippen molar-refractivity contribution in [1.29, 1.82) is 0 Å². The zero-order valence-corrected chi connectivity index (χ0v) is 19.4. The molecule has 0 saturated heterocycles. The highest BCUT2D eigenvalue weighted by Crippen LogP contribution is 2.28. The molecule has 1 atom stereocenters. The Hall–Kier alpha value is -2.99. The second-order valence-electron chi connectivity index (χ2n) is 8.48. The molecule has 2 aromatic carbocycles. The van der Waals surface area contributed by atoms with Crippen molar-refractivity contribution >= 4 is 23.2 Å². The molecule has 1 aliphatic carbocycles. The van der Waals surface area contributed by atoms with Gasteiger partial charge >= 0.3 is 0 Å². The largest absolute Gasteiger partial charge is 0.351 e. The number of halogens is 1. The molecule has 0 unspecified atom stereocenters. The third kappa shape index (κ3) is 5.88. The molecular formula is C27H29FN2O2S. The average molecular weight is 465 g/mol. The average Bonchev–Trinajstić information content (AvgIpc) is 3.38. The highest BCUT2D eigenvalue weighted by Gasteiger charge is 2.35. The van der Waals surface area contributed by atoms with Crippen LogP contribution in [0.4, 0.5) is 4.39 Å². The van der Waals surface area contributed by atoms with Crippen LogP contribution in [0.25, 0.3) is 0 Å². The van der Waals surface area contributed by atoms with Gasteiger partial charge in [0.2, 0.25) is 5.91 Å². The van der Waals surface area contributed by atoms with Crippen LogP contribution in [0.2, 0.25) is 0 Å². The SMILES string of the molecule is O=C(NC1CCCCC1)[C@@H](c1ccccc1F)N(CCc1ccccc1)C(=O)c1cccs1. The van der Waals surface area contributed by atoms with Gasteiger partial charge in [0.1, 0.15) is 11.9 Å². The monoisotopic (exact) mass is 464 g/mol. The lowest BCUT2D eigenvalue weighted by molar-refractivity contribution is -0.127. The van der Waals surface area contributed by atoms with Gasteiger partial charge in [-0.2, -0.15) is 0 Å². The Labute approximate surface area is 198 Å². The lowest BCUT2D eigenvalue weighted by Gasteiger charge is -2.33. The Morgan fingerprint density at radius 3 is 2.39 bits per heavy atom. The molecule has 0 spiro atoms. The highest BCUT2D eigenvalue weighted by atomic mass is 32.1. The molecule has 2 amide bonds. The summed E-state index contributed by atoms with van der Waals surface area (Å²) >= 11 is 1.33. The minimum absolute atomic E-state index is 0.0633. The number of rotatable bonds is 8. The normalized spacial score (nSPS) is 15.1. The summed E-state index contributed by atoms with van der Waals surface area (Å²) in [4.78, 5) is 29.3. The molecule has 172 valence electrons. The van der Waals surface area contributed by atoms with Crippen LogP contribution in [0.3, 0.4) is 0 Å². The van der Waals surface area contributed by atoms with E-state index >= 15 is 0 Å². The first-order valence-corrected chi connectivity index (χ1v) is 12.4. The van der Waals surface area contributed by atoms with E-state index in [1.165, 1.54) is 28.7 Å². The minimum atomic E-state index is -1.04. The smallest absolute Gasteiger partial charge is 0.264 e. The summed E-state index contributed by atoms with van der Waals surface area (Å²) in [6.07, 6.45) is 5.71. The van der Waals surface area contributed by atoms with Crippen molar-refractivity contribution in [2.24, 2.45) is 0 Å². The fourth-order valence-corrected chi connectivity index (χ4v) is 5.14. The van der Waals surface area contributed by atoms with Crippen LogP contribution in [-0.2, 0) is 11.2 Å². The van der Waals surface area contributed by atoms with Crippen LogP contribution >= 0.6 is 11.3 Å². The molecule has 1 heterocycles. The van der Waals surface area contributed by atoms with Crippen molar-refractivity contribution in [1.82, 2.24) is 10.2 Å². The molecule has 3 aromatic rings. The van der Waals surface area contributed by atoms with Gasteiger partial charge in [0.15, 0.2) is 0 Å². The number of nitrogens with zero attached hydrogens (tertiary/aromatic N) is 1. The maximum absolute atomic E-state index is 15.0. The Kier molecular flexibility index (Phi) is 7.89. The van der Waals surface area contributed by atoms with Gasteiger partial charge < -0.3 is 10.2 Å². The summed E-state index contributed by atoms with van der Waals surface area (Å²) in [5.41, 5.74) is 1.28. The van der Waals surface area contributed by atoms with E-state index in [1.807, 2.05) is 41.8 Å². The second kappa shape index (κ2) is 11.2. The van der Waals surface area contributed by atoms with Gasteiger partial charge in [0, 0.05) is 18.2 Å². The Morgan fingerprint density at radius 2 is 1.70 bits per heavy atom. The summed E-state index contributed by atoms with van der Waals surface area (Å²) in [5.74, 6) is -1.05. The number of carbonyl (C=O) groups excluding carboxylic acids is 2. The lowest BCUT2D eigenvalue weighted by atomic mass is 9.94. The van der Waals surface area contributed by atoms with E-state index in [2.05, 4.69) is 5.32 Å². The fourth-order valence-electron chi connectivity index (χ4n) is 4.46. The van der Waals surface area contributed by atoms with E-state index in [9.17, 15) is 14.0 Å². The number of amides is 2. The minimum Gasteiger partial charge on any atom is -0.351 e. The number of carbonyl (C=O) groups is 2. The first-order chi connectivity index (χ1) is 16.1. The number of benzene rings is 2. The van der Waals surface area contributed by atoms with E-state index in [0.717, 1.165) is 31.2 Å². The summed E-state index contributed by atoms with van der Waals surface area (Å²) in [6, 6.07) is 18.7. The number of thiophene rings is 1. The van der Waals surface area contributed by atoms with Crippen LogP contribution < -0.4 is 5.32 Å². The molecule has 6 heteroatoms. The van der Waals surface area contributed by atoms with Gasteiger partial charge in [0.25, 0.3) is 5.91 Å². The first kappa shape index (κ1) is 23.2. The summed E-state index contributed by atoms with van der Waals surface area (Å²) in [6.45, 7) is 0.303. The third-order valence-electron chi connectivity index (χ3n) is 6.19. The molecule has 33 heavy (non-hydrogen) atoms. The van der Waals surface area contributed by atoms with E-state index in [1.54, 1.807) is 24.3 Å². The number of hydrogen-bond donors (Lipinski definition) is 1. The van der Waals surface area contributed by atoms with Crippen molar-refractivity contribution in [3.8, 4) is 0 Å². The zero-order chi connectivity index (χ0) is 23.0.